The minimum absolute atomic E-state index is 0.0646. The van der Waals surface area contributed by atoms with Gasteiger partial charge in [0.2, 0.25) is 0 Å². The molecule has 104 valence electrons. The van der Waals surface area contributed by atoms with Gasteiger partial charge in [0, 0.05) is 12.7 Å². The van der Waals surface area contributed by atoms with Gasteiger partial charge in [-0.05, 0) is 30.7 Å². The Hall–Kier alpha value is -1.85. The van der Waals surface area contributed by atoms with Crippen LogP contribution in [0.25, 0.3) is 0 Å². The van der Waals surface area contributed by atoms with Crippen LogP contribution in [0.15, 0.2) is 6.07 Å². The van der Waals surface area contributed by atoms with E-state index in [-0.39, 0.29) is 17.5 Å². The van der Waals surface area contributed by atoms with Crippen LogP contribution in [0.1, 0.15) is 48.8 Å². The van der Waals surface area contributed by atoms with E-state index >= 15 is 0 Å². The Kier molecular flexibility index (Phi) is 3.59. The number of nitrogens with one attached hydrogen (secondary N) is 1. The summed E-state index contributed by atoms with van der Waals surface area (Å²) in [7, 11) is 1.78. The lowest BCUT2D eigenvalue weighted by atomic mass is 10.1. The molecule has 1 aliphatic carbocycles. The van der Waals surface area contributed by atoms with Crippen molar-refractivity contribution in [3.63, 3.8) is 0 Å². The second-order valence-corrected chi connectivity index (χ2v) is 5.36. The summed E-state index contributed by atoms with van der Waals surface area (Å²) in [6.07, 6.45) is 1.72. The number of nitrogens with zero attached hydrogens (tertiary/aromatic N) is 2. The second kappa shape index (κ2) is 5.03. The molecule has 0 aliphatic heterocycles. The Labute approximate surface area is 111 Å². The van der Waals surface area contributed by atoms with E-state index in [4.69, 9.17) is 5.11 Å². The van der Waals surface area contributed by atoms with Gasteiger partial charge in [0.1, 0.15) is 11.7 Å². The lowest BCUT2D eigenvalue weighted by Crippen LogP contribution is -2.42. The fraction of sp³-hybridized carbons (Fsp3) is 0.615. The van der Waals surface area contributed by atoms with Crippen LogP contribution in [0.4, 0.5) is 0 Å². The van der Waals surface area contributed by atoms with Crippen LogP contribution in [0.3, 0.4) is 0 Å². The topological polar surface area (TPSA) is 84.2 Å². The van der Waals surface area contributed by atoms with Crippen LogP contribution in [0.5, 0.6) is 0 Å². The predicted molar refractivity (Wildman–Crippen MR) is 68.9 cm³/mol. The monoisotopic (exact) mass is 265 g/mol. The molecule has 0 spiro atoms. The minimum atomic E-state index is -0.976. The van der Waals surface area contributed by atoms with Crippen LogP contribution >= 0.6 is 0 Å². The number of hydrogen-bond donors (Lipinski definition) is 2. The van der Waals surface area contributed by atoms with E-state index in [1.54, 1.807) is 17.8 Å². The Morgan fingerprint density at radius 2 is 2.11 bits per heavy atom. The largest absolute Gasteiger partial charge is 0.480 e. The molecule has 2 rings (SSSR count). The highest BCUT2D eigenvalue weighted by molar-refractivity contribution is 5.95. The molecule has 1 atom stereocenters. The number of carbonyl (C=O) groups excluding carboxylic acids is 1. The average molecular weight is 265 g/mol. The third-order valence-electron chi connectivity index (χ3n) is 3.39. The van der Waals surface area contributed by atoms with Crippen molar-refractivity contribution in [1.29, 1.82) is 0 Å². The molecule has 6 nitrogen and oxygen atoms in total. The van der Waals surface area contributed by atoms with Crippen LogP contribution < -0.4 is 5.32 Å². The molecule has 1 fully saturated rings. The van der Waals surface area contributed by atoms with Gasteiger partial charge in [-0.3, -0.25) is 9.48 Å². The second-order valence-electron chi connectivity index (χ2n) is 5.36. The molecule has 1 heterocycles. The average Bonchev–Trinajstić information content (AvgIpc) is 3.07. The van der Waals surface area contributed by atoms with Crippen molar-refractivity contribution < 1.29 is 14.7 Å². The van der Waals surface area contributed by atoms with Crippen molar-refractivity contribution in [2.75, 3.05) is 0 Å². The third-order valence-corrected chi connectivity index (χ3v) is 3.39. The molecule has 1 amide bonds. The van der Waals surface area contributed by atoms with Gasteiger partial charge in [-0.1, -0.05) is 13.8 Å². The fourth-order valence-corrected chi connectivity index (χ4v) is 2.16. The number of carboxylic acid groups (broad SMARTS) is 1. The molecule has 0 radical (unpaired) electrons. The van der Waals surface area contributed by atoms with Gasteiger partial charge in [0.15, 0.2) is 0 Å². The van der Waals surface area contributed by atoms with Crippen molar-refractivity contribution in [3.8, 4) is 0 Å². The zero-order chi connectivity index (χ0) is 14.2. The van der Waals surface area contributed by atoms with E-state index in [2.05, 4.69) is 10.4 Å². The zero-order valence-electron chi connectivity index (χ0n) is 11.4. The van der Waals surface area contributed by atoms with Crippen LogP contribution in [-0.4, -0.2) is 32.8 Å². The smallest absolute Gasteiger partial charge is 0.326 e. The number of rotatable bonds is 5. The molecular weight excluding hydrogens is 246 g/mol. The summed E-state index contributed by atoms with van der Waals surface area (Å²) in [4.78, 5) is 23.1. The SMILES string of the molecule is CC(C)c1cc(C(=O)NC(C(=O)O)C2CC2)nn1C. The van der Waals surface area contributed by atoms with E-state index < -0.39 is 17.9 Å². The van der Waals surface area contributed by atoms with Crippen LogP contribution in [-0.2, 0) is 11.8 Å². The zero-order valence-corrected chi connectivity index (χ0v) is 11.4. The number of aliphatic carboxylic acids is 1. The Morgan fingerprint density at radius 3 is 2.53 bits per heavy atom. The molecular formula is C13H19N3O3. The van der Waals surface area contributed by atoms with E-state index in [0.29, 0.717) is 0 Å². The van der Waals surface area contributed by atoms with Crippen molar-refractivity contribution in [2.45, 2.75) is 38.6 Å². The van der Waals surface area contributed by atoms with Gasteiger partial charge in [0.05, 0.1) is 0 Å². The van der Waals surface area contributed by atoms with E-state index in [1.165, 1.54) is 0 Å². The summed E-state index contributed by atoms with van der Waals surface area (Å²) < 4.78 is 1.66. The number of carbonyl (C=O) groups is 2. The quantitative estimate of drug-likeness (QED) is 0.836. The lowest BCUT2D eigenvalue weighted by Gasteiger charge is -2.12. The number of hydrogen-bond acceptors (Lipinski definition) is 3. The molecule has 1 aromatic rings. The van der Waals surface area contributed by atoms with E-state index in [9.17, 15) is 9.59 Å². The van der Waals surface area contributed by atoms with Gasteiger partial charge in [-0.15, -0.1) is 0 Å². The van der Waals surface area contributed by atoms with Crippen LogP contribution in [0.2, 0.25) is 0 Å². The summed E-state index contributed by atoms with van der Waals surface area (Å²) in [5.41, 5.74) is 1.22. The molecule has 19 heavy (non-hydrogen) atoms. The Balaban J connectivity index is 2.11. The summed E-state index contributed by atoms with van der Waals surface area (Å²) in [6.45, 7) is 4.03. The molecule has 1 aromatic heterocycles. The predicted octanol–water partition coefficient (Wildman–Crippen LogP) is 1.14. The van der Waals surface area contributed by atoms with Gasteiger partial charge in [-0.2, -0.15) is 5.10 Å². The molecule has 2 N–H and O–H groups in total. The standard InChI is InChI=1S/C13H19N3O3/c1-7(2)10-6-9(15-16(10)3)12(17)14-11(13(18)19)8-4-5-8/h6-8,11H,4-5H2,1-3H3,(H,14,17)(H,18,19). The molecule has 6 heteroatoms. The summed E-state index contributed by atoms with van der Waals surface area (Å²) in [5, 5.41) is 15.8. The summed E-state index contributed by atoms with van der Waals surface area (Å²) in [6, 6.07) is 0.920. The van der Waals surface area contributed by atoms with Crippen molar-refractivity contribution in [1.82, 2.24) is 15.1 Å². The molecule has 1 saturated carbocycles. The normalized spacial score (nSPS) is 16.4. The van der Waals surface area contributed by atoms with E-state index in [0.717, 1.165) is 18.5 Å². The van der Waals surface area contributed by atoms with E-state index in [1.807, 2.05) is 13.8 Å². The lowest BCUT2D eigenvalue weighted by molar-refractivity contribution is -0.139. The minimum Gasteiger partial charge on any atom is -0.480 e. The fourth-order valence-electron chi connectivity index (χ4n) is 2.16. The molecule has 0 aromatic carbocycles. The van der Waals surface area contributed by atoms with Crippen LogP contribution in [0, 0.1) is 5.92 Å². The maximum atomic E-state index is 12.0. The van der Waals surface area contributed by atoms with Gasteiger partial charge < -0.3 is 10.4 Å². The molecule has 0 saturated heterocycles. The highest BCUT2D eigenvalue weighted by Crippen LogP contribution is 2.32. The van der Waals surface area contributed by atoms with Crippen molar-refractivity contribution in [2.24, 2.45) is 13.0 Å². The van der Waals surface area contributed by atoms with Crippen molar-refractivity contribution in [3.05, 3.63) is 17.5 Å². The molecule has 1 aliphatic rings. The highest BCUT2D eigenvalue weighted by Gasteiger charge is 2.37. The third kappa shape index (κ3) is 2.94. The van der Waals surface area contributed by atoms with Crippen molar-refractivity contribution >= 4 is 11.9 Å². The van der Waals surface area contributed by atoms with Gasteiger partial charge in [-0.25, -0.2) is 4.79 Å². The highest BCUT2D eigenvalue weighted by atomic mass is 16.4. The summed E-state index contributed by atoms with van der Waals surface area (Å²) in [5.74, 6) is -1.06. The summed E-state index contributed by atoms with van der Waals surface area (Å²) >= 11 is 0. The first-order valence-corrected chi connectivity index (χ1v) is 6.47. The number of amides is 1. The molecule has 1 unspecified atom stereocenters. The first-order valence-electron chi connectivity index (χ1n) is 6.47. The maximum absolute atomic E-state index is 12.0. The number of carboxylic acids is 1. The van der Waals surface area contributed by atoms with Gasteiger partial charge in [0.25, 0.3) is 5.91 Å². The Bertz CT molecular complexity index is 503. The first kappa shape index (κ1) is 13.6. The number of aromatic nitrogens is 2. The molecule has 0 bridgehead atoms. The maximum Gasteiger partial charge on any atom is 0.326 e. The van der Waals surface area contributed by atoms with Gasteiger partial charge >= 0.3 is 5.97 Å². The first-order chi connectivity index (χ1) is 8.90. The Morgan fingerprint density at radius 1 is 1.47 bits per heavy atom. The number of aryl methyl sites for hydroxylation is 1.